The van der Waals surface area contributed by atoms with Crippen LogP contribution in [0, 0.1) is 0 Å². The van der Waals surface area contributed by atoms with E-state index in [2.05, 4.69) is 10.1 Å². The lowest BCUT2D eigenvalue weighted by molar-refractivity contribution is -0.0498. The number of nitrogens with one attached hydrogen (secondary N) is 1. The van der Waals surface area contributed by atoms with Crippen molar-refractivity contribution in [1.29, 1.82) is 0 Å². The molecule has 26 heavy (non-hydrogen) atoms. The minimum atomic E-state index is -2.86. The molecule has 5 nitrogen and oxygen atoms in total. The van der Waals surface area contributed by atoms with Crippen molar-refractivity contribution in [2.75, 3.05) is 6.54 Å². The Balaban J connectivity index is 1.60. The molecule has 0 saturated heterocycles. The molecule has 7 heteroatoms. The lowest BCUT2D eigenvalue weighted by Gasteiger charge is -2.07. The average molecular weight is 359 g/mol. The maximum Gasteiger partial charge on any atom is 0.387 e. The molecule has 0 aliphatic carbocycles. The van der Waals surface area contributed by atoms with E-state index in [9.17, 15) is 18.4 Å². The van der Waals surface area contributed by atoms with Gasteiger partial charge in [-0.15, -0.1) is 0 Å². The number of halogens is 2. The lowest BCUT2D eigenvalue weighted by atomic mass is 10.1. The van der Waals surface area contributed by atoms with Crippen molar-refractivity contribution in [1.82, 2.24) is 5.32 Å². The van der Waals surface area contributed by atoms with Crippen LogP contribution in [-0.4, -0.2) is 19.1 Å². The maximum atomic E-state index is 12.2. The van der Waals surface area contributed by atoms with Gasteiger partial charge in [0, 0.05) is 12.6 Å². The summed E-state index contributed by atoms with van der Waals surface area (Å²) in [6.45, 7) is -2.57. The summed E-state index contributed by atoms with van der Waals surface area (Å²) in [7, 11) is 0. The van der Waals surface area contributed by atoms with E-state index >= 15 is 0 Å². The van der Waals surface area contributed by atoms with Gasteiger partial charge in [0.05, 0.1) is 5.39 Å². The number of carbonyl (C=O) groups is 1. The highest BCUT2D eigenvalue weighted by molar-refractivity contribution is 5.93. The molecule has 0 aliphatic rings. The molecule has 2 aromatic carbocycles. The molecule has 1 aromatic heterocycles. The third kappa shape index (κ3) is 4.24. The number of benzene rings is 2. The van der Waals surface area contributed by atoms with Crippen molar-refractivity contribution in [3.8, 4) is 5.75 Å². The zero-order valence-corrected chi connectivity index (χ0v) is 13.6. The van der Waals surface area contributed by atoms with Crippen LogP contribution in [-0.2, 0) is 6.42 Å². The van der Waals surface area contributed by atoms with Gasteiger partial charge in [0.2, 0.25) is 0 Å². The largest absolute Gasteiger partial charge is 0.451 e. The third-order valence-electron chi connectivity index (χ3n) is 3.71. The van der Waals surface area contributed by atoms with Gasteiger partial charge < -0.3 is 14.5 Å². The fourth-order valence-electron chi connectivity index (χ4n) is 2.46. The Hall–Kier alpha value is -3.22. The van der Waals surface area contributed by atoms with Gasteiger partial charge in [-0.2, -0.15) is 8.78 Å². The molecule has 0 saturated carbocycles. The van der Waals surface area contributed by atoms with Crippen LogP contribution in [0.15, 0.2) is 63.8 Å². The van der Waals surface area contributed by atoms with Crippen molar-refractivity contribution in [3.05, 3.63) is 76.1 Å². The minimum absolute atomic E-state index is 0.0608. The maximum absolute atomic E-state index is 12.2. The smallest absolute Gasteiger partial charge is 0.387 e. The number of para-hydroxylation sites is 1. The van der Waals surface area contributed by atoms with Gasteiger partial charge in [0.25, 0.3) is 5.91 Å². The highest BCUT2D eigenvalue weighted by Crippen LogP contribution is 2.15. The van der Waals surface area contributed by atoms with Crippen LogP contribution in [0.2, 0.25) is 0 Å². The molecular formula is C19H15F2NO4. The molecular weight excluding hydrogens is 344 g/mol. The van der Waals surface area contributed by atoms with Crippen LogP contribution in [0.3, 0.4) is 0 Å². The third-order valence-corrected chi connectivity index (χ3v) is 3.71. The Labute approximate surface area is 147 Å². The Bertz CT molecular complexity index is 967. The van der Waals surface area contributed by atoms with Crippen LogP contribution in [0.5, 0.6) is 5.75 Å². The predicted octanol–water partition coefficient (Wildman–Crippen LogP) is 3.37. The van der Waals surface area contributed by atoms with Crippen LogP contribution >= 0.6 is 0 Å². The van der Waals surface area contributed by atoms with Crippen LogP contribution in [0.1, 0.15) is 16.1 Å². The summed E-state index contributed by atoms with van der Waals surface area (Å²) in [4.78, 5) is 24.2. The van der Waals surface area contributed by atoms with Gasteiger partial charge in [-0.3, -0.25) is 9.59 Å². The summed E-state index contributed by atoms with van der Waals surface area (Å²) < 4.78 is 33.9. The molecule has 0 spiro atoms. The van der Waals surface area contributed by atoms with E-state index in [4.69, 9.17) is 4.42 Å². The first-order valence-corrected chi connectivity index (χ1v) is 7.88. The monoisotopic (exact) mass is 359 g/mol. The first-order chi connectivity index (χ1) is 12.5. The number of carbonyl (C=O) groups excluding carboxylic acids is 1. The number of hydrogen-bond donors (Lipinski definition) is 1. The van der Waals surface area contributed by atoms with Crippen molar-refractivity contribution < 1.29 is 22.7 Å². The SMILES string of the molecule is O=C(NCCc1ccc(OC(F)F)cc1)c1cc(=O)c2ccccc2o1. The summed E-state index contributed by atoms with van der Waals surface area (Å²) in [5, 5.41) is 3.08. The fraction of sp³-hybridized carbons (Fsp3) is 0.158. The summed E-state index contributed by atoms with van der Waals surface area (Å²) in [5.41, 5.74) is 0.901. The van der Waals surface area contributed by atoms with Crippen molar-refractivity contribution in [2.45, 2.75) is 13.0 Å². The van der Waals surface area contributed by atoms with Crippen molar-refractivity contribution >= 4 is 16.9 Å². The quantitative estimate of drug-likeness (QED) is 0.733. The Kier molecular flexibility index (Phi) is 5.26. The normalized spacial score (nSPS) is 10.9. The average Bonchev–Trinajstić information content (AvgIpc) is 2.62. The summed E-state index contributed by atoms with van der Waals surface area (Å²) in [6.07, 6.45) is 0.485. The molecule has 0 atom stereocenters. The second-order valence-corrected chi connectivity index (χ2v) is 5.50. The molecule has 3 rings (SSSR count). The van der Waals surface area contributed by atoms with Crippen molar-refractivity contribution in [3.63, 3.8) is 0 Å². The summed E-state index contributed by atoms with van der Waals surface area (Å²) in [5.74, 6) is -0.481. The minimum Gasteiger partial charge on any atom is -0.451 e. The molecule has 0 bridgehead atoms. The highest BCUT2D eigenvalue weighted by atomic mass is 19.3. The van der Waals surface area contributed by atoms with E-state index in [0.717, 1.165) is 11.6 Å². The molecule has 1 heterocycles. The van der Waals surface area contributed by atoms with E-state index < -0.39 is 12.5 Å². The van der Waals surface area contributed by atoms with E-state index in [1.807, 2.05) is 0 Å². The highest BCUT2D eigenvalue weighted by Gasteiger charge is 2.11. The second kappa shape index (κ2) is 7.77. The van der Waals surface area contributed by atoms with Gasteiger partial charge in [0.1, 0.15) is 11.3 Å². The standard InChI is InChI=1S/C19H15F2NO4/c20-19(21)25-13-7-5-12(6-8-13)9-10-22-18(24)17-11-15(23)14-3-1-2-4-16(14)26-17/h1-8,11,19H,9-10H2,(H,22,24). The Morgan fingerprint density at radius 2 is 1.85 bits per heavy atom. The topological polar surface area (TPSA) is 68.5 Å². The molecule has 0 fully saturated rings. The molecule has 3 aromatic rings. The number of hydrogen-bond acceptors (Lipinski definition) is 4. The summed E-state index contributed by atoms with van der Waals surface area (Å²) >= 11 is 0. The molecule has 0 aliphatic heterocycles. The number of ether oxygens (including phenoxy) is 1. The summed E-state index contributed by atoms with van der Waals surface area (Å²) in [6, 6.07) is 14.0. The number of alkyl halides is 2. The molecule has 0 unspecified atom stereocenters. The van der Waals surface area contributed by atoms with Crippen LogP contribution in [0.4, 0.5) is 8.78 Å². The lowest BCUT2D eigenvalue weighted by Crippen LogP contribution is -2.26. The van der Waals surface area contributed by atoms with E-state index in [1.54, 1.807) is 36.4 Å². The van der Waals surface area contributed by atoms with Gasteiger partial charge in [-0.1, -0.05) is 24.3 Å². The Morgan fingerprint density at radius 3 is 2.58 bits per heavy atom. The van der Waals surface area contributed by atoms with Gasteiger partial charge in [-0.05, 0) is 36.2 Å². The number of amides is 1. The predicted molar refractivity (Wildman–Crippen MR) is 91.6 cm³/mol. The van der Waals surface area contributed by atoms with Crippen LogP contribution in [0.25, 0.3) is 11.0 Å². The Morgan fingerprint density at radius 1 is 1.12 bits per heavy atom. The molecule has 1 amide bonds. The first kappa shape index (κ1) is 17.6. The molecule has 134 valence electrons. The van der Waals surface area contributed by atoms with Crippen molar-refractivity contribution in [2.24, 2.45) is 0 Å². The fourth-order valence-corrected chi connectivity index (χ4v) is 2.46. The zero-order chi connectivity index (χ0) is 18.5. The molecule has 1 N–H and O–H groups in total. The zero-order valence-electron chi connectivity index (χ0n) is 13.6. The number of fused-ring (bicyclic) bond motifs is 1. The van der Waals surface area contributed by atoms with Gasteiger partial charge in [0.15, 0.2) is 11.2 Å². The second-order valence-electron chi connectivity index (χ2n) is 5.50. The van der Waals surface area contributed by atoms with E-state index in [-0.39, 0.29) is 16.9 Å². The number of rotatable bonds is 6. The van der Waals surface area contributed by atoms with Gasteiger partial charge in [-0.25, -0.2) is 0 Å². The van der Waals surface area contributed by atoms with Gasteiger partial charge >= 0.3 is 6.61 Å². The molecule has 0 radical (unpaired) electrons. The van der Waals surface area contributed by atoms with E-state index in [1.165, 1.54) is 12.1 Å². The van der Waals surface area contributed by atoms with E-state index in [0.29, 0.717) is 23.9 Å². The van der Waals surface area contributed by atoms with Crippen LogP contribution < -0.4 is 15.5 Å². The first-order valence-electron chi connectivity index (χ1n) is 7.88.